The second kappa shape index (κ2) is 11.0. The number of non-ortho nitro benzene ring substituents is 2. The first-order valence-corrected chi connectivity index (χ1v) is 10.00. The Bertz CT molecular complexity index is 1310. The molecule has 3 aromatic carbocycles. The maximum Gasteiger partial charge on any atom is 0.272 e. The number of nitro benzene ring substituents is 2. The Labute approximate surface area is 202 Å². The lowest BCUT2D eigenvalue weighted by Crippen LogP contribution is -2.18. The zero-order chi connectivity index (χ0) is 26.2. The van der Waals surface area contributed by atoms with Crippen molar-refractivity contribution in [1.29, 1.82) is 0 Å². The van der Waals surface area contributed by atoms with Gasteiger partial charge in [-0.2, -0.15) is 10.2 Å². The summed E-state index contributed by atoms with van der Waals surface area (Å²) < 4.78 is 0. The van der Waals surface area contributed by atoms with Crippen LogP contribution < -0.4 is 22.3 Å². The Morgan fingerprint density at radius 3 is 1.47 bits per heavy atom. The standard InChI is InChI=1S/C22H18N8O6/c23-17-5-15(7-19(9-17)29(33)34)21(31)27-25-11-13-3-1-2-4-14(13)12-26-28-22(32)16-6-18(24)10-20(8-16)30(35)36/h1-12H,23-24H2,(H,27,31)(H,28,32). The highest BCUT2D eigenvalue weighted by Gasteiger charge is 2.14. The number of hydrogen-bond donors (Lipinski definition) is 4. The second-order valence-electron chi connectivity index (χ2n) is 7.17. The van der Waals surface area contributed by atoms with Gasteiger partial charge in [0.2, 0.25) is 0 Å². The van der Waals surface area contributed by atoms with Crippen LogP contribution in [0.4, 0.5) is 22.7 Å². The number of nitrogen functional groups attached to an aromatic ring is 2. The van der Waals surface area contributed by atoms with Gasteiger partial charge in [-0.3, -0.25) is 29.8 Å². The summed E-state index contributed by atoms with van der Waals surface area (Å²) in [6.07, 6.45) is 2.62. The molecule has 14 heteroatoms. The summed E-state index contributed by atoms with van der Waals surface area (Å²) in [5, 5.41) is 29.6. The van der Waals surface area contributed by atoms with Gasteiger partial charge in [0, 0.05) is 46.8 Å². The molecule has 36 heavy (non-hydrogen) atoms. The highest BCUT2D eigenvalue weighted by atomic mass is 16.6. The van der Waals surface area contributed by atoms with Gasteiger partial charge in [0.05, 0.1) is 33.4 Å². The molecule has 3 rings (SSSR count). The van der Waals surface area contributed by atoms with Crippen LogP contribution in [0.1, 0.15) is 31.8 Å². The quantitative estimate of drug-likeness (QED) is 0.158. The molecule has 0 bridgehead atoms. The summed E-state index contributed by atoms with van der Waals surface area (Å²) in [6, 6.07) is 13.7. The fourth-order valence-electron chi connectivity index (χ4n) is 2.94. The average Bonchev–Trinajstić information content (AvgIpc) is 2.83. The molecule has 0 fully saturated rings. The summed E-state index contributed by atoms with van der Waals surface area (Å²) in [5.74, 6) is -1.42. The van der Waals surface area contributed by atoms with Gasteiger partial charge in [-0.15, -0.1) is 0 Å². The largest absolute Gasteiger partial charge is 0.399 e. The number of amides is 2. The molecule has 14 nitrogen and oxygen atoms in total. The molecule has 0 radical (unpaired) electrons. The fourth-order valence-corrected chi connectivity index (χ4v) is 2.94. The molecule has 0 saturated heterocycles. The number of carbonyl (C=O) groups excluding carboxylic acids is 2. The summed E-state index contributed by atoms with van der Waals surface area (Å²) >= 11 is 0. The van der Waals surface area contributed by atoms with Crippen molar-refractivity contribution in [2.45, 2.75) is 0 Å². The van der Waals surface area contributed by atoms with Crippen molar-refractivity contribution in [3.05, 3.63) is 103 Å². The minimum atomic E-state index is -0.712. The molecule has 0 aromatic heterocycles. The van der Waals surface area contributed by atoms with E-state index in [4.69, 9.17) is 11.5 Å². The SMILES string of the molecule is Nc1cc(C(=O)NN=Cc2ccccc2C=NNC(=O)c2cc(N)cc([N+](=O)[O-])c2)cc([N+](=O)[O-])c1. The predicted octanol–water partition coefficient (Wildman–Crippen LogP) is 2.20. The monoisotopic (exact) mass is 490 g/mol. The minimum Gasteiger partial charge on any atom is -0.399 e. The summed E-state index contributed by atoms with van der Waals surface area (Å²) in [6.45, 7) is 0. The van der Waals surface area contributed by atoms with Crippen molar-refractivity contribution in [2.75, 3.05) is 11.5 Å². The molecule has 3 aromatic rings. The fraction of sp³-hybridized carbons (Fsp3) is 0. The molecule has 0 unspecified atom stereocenters. The topological polar surface area (TPSA) is 221 Å². The number of anilines is 2. The van der Waals surface area contributed by atoms with E-state index in [1.54, 1.807) is 24.3 Å². The van der Waals surface area contributed by atoms with Crippen LogP contribution >= 0.6 is 0 Å². The van der Waals surface area contributed by atoms with Crippen molar-refractivity contribution in [3.8, 4) is 0 Å². The van der Waals surface area contributed by atoms with E-state index >= 15 is 0 Å². The first-order chi connectivity index (χ1) is 17.1. The summed E-state index contributed by atoms with van der Waals surface area (Å²) in [7, 11) is 0. The molecule has 0 saturated carbocycles. The van der Waals surface area contributed by atoms with Crippen molar-refractivity contribution in [3.63, 3.8) is 0 Å². The molecule has 0 atom stereocenters. The Morgan fingerprint density at radius 2 is 1.11 bits per heavy atom. The predicted molar refractivity (Wildman–Crippen MR) is 132 cm³/mol. The third-order valence-electron chi connectivity index (χ3n) is 4.56. The average molecular weight is 490 g/mol. The van der Waals surface area contributed by atoms with Gasteiger partial charge in [-0.25, -0.2) is 10.9 Å². The van der Waals surface area contributed by atoms with E-state index in [2.05, 4.69) is 21.1 Å². The van der Waals surface area contributed by atoms with Crippen LogP contribution in [-0.4, -0.2) is 34.1 Å². The first-order valence-electron chi connectivity index (χ1n) is 10.00. The van der Waals surface area contributed by atoms with Gasteiger partial charge in [-0.1, -0.05) is 24.3 Å². The van der Waals surface area contributed by atoms with Crippen LogP contribution in [-0.2, 0) is 0 Å². The van der Waals surface area contributed by atoms with Crippen LogP contribution in [0.2, 0.25) is 0 Å². The first kappa shape index (κ1) is 25.0. The number of rotatable bonds is 8. The lowest BCUT2D eigenvalue weighted by molar-refractivity contribution is -0.385. The molecule has 182 valence electrons. The number of nitrogens with zero attached hydrogens (tertiary/aromatic N) is 4. The minimum absolute atomic E-state index is 0.0433. The number of benzene rings is 3. The number of nitrogens with two attached hydrogens (primary N) is 2. The van der Waals surface area contributed by atoms with Crippen molar-refractivity contribution in [1.82, 2.24) is 10.9 Å². The van der Waals surface area contributed by atoms with Gasteiger partial charge in [-0.05, 0) is 12.1 Å². The van der Waals surface area contributed by atoms with E-state index in [-0.39, 0.29) is 33.9 Å². The highest BCUT2D eigenvalue weighted by Crippen LogP contribution is 2.19. The van der Waals surface area contributed by atoms with E-state index < -0.39 is 21.7 Å². The van der Waals surface area contributed by atoms with Gasteiger partial charge in [0.15, 0.2) is 0 Å². The van der Waals surface area contributed by atoms with Crippen molar-refractivity contribution in [2.24, 2.45) is 10.2 Å². The Kier molecular flexibility index (Phi) is 7.61. The van der Waals surface area contributed by atoms with Crippen LogP contribution in [0.5, 0.6) is 0 Å². The number of hydrogen-bond acceptors (Lipinski definition) is 10. The second-order valence-corrected chi connectivity index (χ2v) is 7.17. The van der Waals surface area contributed by atoms with E-state index in [0.29, 0.717) is 11.1 Å². The zero-order valence-electron chi connectivity index (χ0n) is 18.3. The number of nitro groups is 2. The highest BCUT2D eigenvalue weighted by molar-refractivity contribution is 5.99. The van der Waals surface area contributed by atoms with Crippen molar-refractivity contribution < 1.29 is 19.4 Å². The van der Waals surface area contributed by atoms with Crippen molar-refractivity contribution >= 4 is 47.0 Å². The number of hydrazone groups is 2. The Morgan fingerprint density at radius 1 is 0.722 bits per heavy atom. The van der Waals surface area contributed by atoms with Gasteiger partial charge in [0.25, 0.3) is 23.2 Å². The summed E-state index contributed by atoms with van der Waals surface area (Å²) in [4.78, 5) is 45.1. The third kappa shape index (κ3) is 6.44. The molecular formula is C22H18N8O6. The van der Waals surface area contributed by atoms with E-state index in [0.717, 1.165) is 24.3 Å². The van der Waals surface area contributed by atoms with Crippen LogP contribution in [0.3, 0.4) is 0 Å². The molecule has 2 amide bonds. The number of carbonyl (C=O) groups is 2. The molecule has 0 aliphatic rings. The number of nitrogens with one attached hydrogen (secondary N) is 2. The lowest BCUT2D eigenvalue weighted by Gasteiger charge is -2.04. The van der Waals surface area contributed by atoms with Crippen LogP contribution in [0.15, 0.2) is 70.9 Å². The zero-order valence-corrected chi connectivity index (χ0v) is 18.3. The van der Waals surface area contributed by atoms with E-state index in [9.17, 15) is 29.8 Å². The Balaban J connectivity index is 1.69. The van der Waals surface area contributed by atoms with E-state index in [1.165, 1.54) is 24.6 Å². The molecule has 0 aliphatic heterocycles. The van der Waals surface area contributed by atoms with E-state index in [1.807, 2.05) is 0 Å². The Hall–Kier alpha value is -5.66. The lowest BCUT2D eigenvalue weighted by atomic mass is 10.1. The van der Waals surface area contributed by atoms with Crippen LogP contribution in [0.25, 0.3) is 0 Å². The summed E-state index contributed by atoms with van der Waals surface area (Å²) in [5.41, 5.74) is 16.1. The maximum absolute atomic E-state index is 12.3. The van der Waals surface area contributed by atoms with Gasteiger partial charge in [0.1, 0.15) is 0 Å². The van der Waals surface area contributed by atoms with Crippen LogP contribution in [0, 0.1) is 20.2 Å². The van der Waals surface area contributed by atoms with Gasteiger partial charge >= 0.3 is 0 Å². The maximum atomic E-state index is 12.3. The molecule has 0 heterocycles. The normalized spacial score (nSPS) is 10.9. The molecule has 6 N–H and O–H groups in total. The molecule has 0 aliphatic carbocycles. The molecule has 0 spiro atoms. The smallest absolute Gasteiger partial charge is 0.272 e. The molecular weight excluding hydrogens is 472 g/mol. The third-order valence-corrected chi connectivity index (χ3v) is 4.56. The van der Waals surface area contributed by atoms with Gasteiger partial charge < -0.3 is 11.5 Å².